The number of hydrogen-bond donors (Lipinski definition) is 1. The fourth-order valence-corrected chi connectivity index (χ4v) is 4.77. The van der Waals surface area contributed by atoms with Crippen molar-refractivity contribution in [3.05, 3.63) is 86.8 Å². The Morgan fingerprint density at radius 3 is 2.45 bits per heavy atom. The third kappa shape index (κ3) is 3.66. The molecule has 2 N–H and O–H groups in total. The number of Topliss-reactive ketones (excluding diaryl/α,β-unsaturated/α-hetero) is 1. The molecular formula is C24H20BrF2N3O. The van der Waals surface area contributed by atoms with Crippen molar-refractivity contribution in [1.82, 2.24) is 0 Å². The van der Waals surface area contributed by atoms with Gasteiger partial charge in [0, 0.05) is 22.2 Å². The summed E-state index contributed by atoms with van der Waals surface area (Å²) in [5.41, 5.74) is 7.99. The van der Waals surface area contributed by atoms with Crippen LogP contribution >= 0.6 is 15.9 Å². The Kier molecular flexibility index (Phi) is 5.22. The molecule has 0 spiro atoms. The maximum absolute atomic E-state index is 15.0. The lowest BCUT2D eigenvalue weighted by atomic mass is 9.68. The summed E-state index contributed by atoms with van der Waals surface area (Å²) in [4.78, 5) is 14.8. The minimum atomic E-state index is -0.723. The summed E-state index contributed by atoms with van der Waals surface area (Å²) in [6.07, 6.45) is 0.763. The van der Waals surface area contributed by atoms with Crippen LogP contribution in [-0.2, 0) is 4.79 Å². The molecular weight excluding hydrogens is 464 g/mol. The predicted molar refractivity (Wildman–Crippen MR) is 118 cm³/mol. The number of nitriles is 1. The molecule has 0 bridgehead atoms. The fourth-order valence-electron chi connectivity index (χ4n) is 4.44. The van der Waals surface area contributed by atoms with Gasteiger partial charge in [-0.15, -0.1) is 0 Å². The van der Waals surface area contributed by atoms with E-state index >= 15 is 0 Å². The Balaban J connectivity index is 2.01. The van der Waals surface area contributed by atoms with Gasteiger partial charge < -0.3 is 5.73 Å². The number of ketones is 1. The lowest BCUT2D eigenvalue weighted by molar-refractivity contribution is -0.118. The lowest BCUT2D eigenvalue weighted by Crippen LogP contribution is -2.42. The SMILES string of the molecule is CC1(C)CC(=O)C2=C(C1)N(c1ccc(Br)cc1F)C(N)=C(C#N)[C@@H]2c1ccc(F)cc1. The first-order valence-electron chi connectivity index (χ1n) is 9.79. The normalized spacial score (nSPS) is 20.6. The van der Waals surface area contributed by atoms with Crippen molar-refractivity contribution in [2.45, 2.75) is 32.6 Å². The Morgan fingerprint density at radius 2 is 1.84 bits per heavy atom. The molecule has 2 aliphatic rings. The number of anilines is 1. The molecule has 1 aliphatic heterocycles. The van der Waals surface area contributed by atoms with Gasteiger partial charge in [0.1, 0.15) is 17.5 Å². The van der Waals surface area contributed by atoms with Crippen LogP contribution in [0.15, 0.2) is 69.6 Å². The average Bonchev–Trinajstić information content (AvgIpc) is 2.68. The number of halogens is 3. The Labute approximate surface area is 187 Å². The summed E-state index contributed by atoms with van der Waals surface area (Å²) in [5, 5.41) is 9.98. The van der Waals surface area contributed by atoms with Gasteiger partial charge in [0.25, 0.3) is 0 Å². The van der Waals surface area contributed by atoms with Crippen molar-refractivity contribution in [3.8, 4) is 6.07 Å². The zero-order valence-corrected chi connectivity index (χ0v) is 18.6. The maximum Gasteiger partial charge on any atom is 0.162 e. The molecule has 1 aliphatic carbocycles. The number of carbonyl (C=O) groups excluding carboxylic acids is 1. The second-order valence-corrected chi connectivity index (χ2v) is 9.54. The van der Waals surface area contributed by atoms with Crippen LogP contribution in [0.1, 0.15) is 38.2 Å². The minimum Gasteiger partial charge on any atom is -0.384 e. The summed E-state index contributed by atoms with van der Waals surface area (Å²) in [7, 11) is 0. The average molecular weight is 484 g/mol. The zero-order chi connectivity index (χ0) is 22.5. The van der Waals surface area contributed by atoms with Crippen molar-refractivity contribution in [2.75, 3.05) is 4.90 Å². The molecule has 0 radical (unpaired) electrons. The summed E-state index contributed by atoms with van der Waals surface area (Å²) in [6.45, 7) is 3.94. The Hall–Kier alpha value is -2.98. The third-order valence-corrected chi connectivity index (χ3v) is 6.23. The van der Waals surface area contributed by atoms with E-state index in [0.29, 0.717) is 34.1 Å². The van der Waals surface area contributed by atoms with E-state index in [-0.39, 0.29) is 28.3 Å². The van der Waals surface area contributed by atoms with E-state index in [0.717, 1.165) is 0 Å². The summed E-state index contributed by atoms with van der Waals surface area (Å²) in [5.74, 6) is -1.72. The van der Waals surface area contributed by atoms with Gasteiger partial charge in [0.2, 0.25) is 0 Å². The van der Waals surface area contributed by atoms with Gasteiger partial charge in [-0.2, -0.15) is 5.26 Å². The summed E-state index contributed by atoms with van der Waals surface area (Å²) in [6, 6.07) is 12.4. The number of hydrogen-bond acceptors (Lipinski definition) is 4. The van der Waals surface area contributed by atoms with Crippen LogP contribution in [0.5, 0.6) is 0 Å². The number of benzene rings is 2. The van der Waals surface area contributed by atoms with Crippen LogP contribution in [0.4, 0.5) is 14.5 Å². The monoisotopic (exact) mass is 483 g/mol. The van der Waals surface area contributed by atoms with Gasteiger partial charge in [-0.25, -0.2) is 8.78 Å². The molecule has 0 fully saturated rings. The molecule has 0 unspecified atom stereocenters. The molecule has 0 aromatic heterocycles. The first-order valence-corrected chi connectivity index (χ1v) is 10.6. The highest BCUT2D eigenvalue weighted by Gasteiger charge is 2.45. The molecule has 158 valence electrons. The highest BCUT2D eigenvalue weighted by Crippen LogP contribution is 2.50. The summed E-state index contributed by atoms with van der Waals surface area (Å²) >= 11 is 3.25. The van der Waals surface area contributed by atoms with Crippen LogP contribution in [-0.4, -0.2) is 5.78 Å². The lowest BCUT2D eigenvalue weighted by Gasteiger charge is -2.43. The zero-order valence-electron chi connectivity index (χ0n) is 17.0. The fraction of sp³-hybridized carbons (Fsp3) is 0.250. The van der Waals surface area contributed by atoms with Gasteiger partial charge in [0.05, 0.1) is 23.2 Å². The molecule has 2 aromatic rings. The first kappa shape index (κ1) is 21.3. The van der Waals surface area contributed by atoms with Crippen LogP contribution < -0.4 is 10.6 Å². The Morgan fingerprint density at radius 1 is 1.16 bits per heavy atom. The quantitative estimate of drug-likeness (QED) is 0.597. The molecule has 0 saturated heterocycles. The van der Waals surface area contributed by atoms with Gasteiger partial charge in [0.15, 0.2) is 5.78 Å². The smallest absolute Gasteiger partial charge is 0.162 e. The van der Waals surface area contributed by atoms with E-state index in [9.17, 15) is 18.8 Å². The second-order valence-electron chi connectivity index (χ2n) is 8.63. The molecule has 1 heterocycles. The first-order chi connectivity index (χ1) is 14.6. The van der Waals surface area contributed by atoms with Crippen molar-refractivity contribution < 1.29 is 13.6 Å². The van der Waals surface area contributed by atoms with Crippen LogP contribution in [0, 0.1) is 28.4 Å². The van der Waals surface area contributed by atoms with Crippen LogP contribution in [0.3, 0.4) is 0 Å². The number of rotatable bonds is 2. The molecule has 1 atom stereocenters. The van der Waals surface area contributed by atoms with E-state index in [1.165, 1.54) is 23.1 Å². The van der Waals surface area contributed by atoms with Crippen molar-refractivity contribution in [3.63, 3.8) is 0 Å². The third-order valence-electron chi connectivity index (χ3n) is 5.73. The maximum atomic E-state index is 15.0. The number of allylic oxidation sites excluding steroid dienone is 3. The van der Waals surface area contributed by atoms with E-state index in [4.69, 9.17) is 5.73 Å². The van der Waals surface area contributed by atoms with Crippen molar-refractivity contribution >= 4 is 27.4 Å². The minimum absolute atomic E-state index is 0.0716. The number of nitrogens with two attached hydrogens (primary N) is 1. The molecule has 4 nitrogen and oxygen atoms in total. The number of nitrogens with zero attached hydrogens (tertiary/aromatic N) is 2. The van der Waals surface area contributed by atoms with E-state index in [1.807, 2.05) is 13.8 Å². The molecule has 4 rings (SSSR count). The molecule has 0 amide bonds. The second kappa shape index (κ2) is 7.61. The Bertz CT molecular complexity index is 1190. The van der Waals surface area contributed by atoms with Gasteiger partial charge in [-0.05, 0) is 47.7 Å². The van der Waals surface area contributed by atoms with E-state index in [2.05, 4.69) is 22.0 Å². The van der Waals surface area contributed by atoms with Crippen LogP contribution in [0.25, 0.3) is 0 Å². The van der Waals surface area contributed by atoms with Gasteiger partial charge in [-0.1, -0.05) is 41.9 Å². The topological polar surface area (TPSA) is 70.1 Å². The van der Waals surface area contributed by atoms with E-state index in [1.54, 1.807) is 24.3 Å². The molecule has 2 aromatic carbocycles. The molecule has 0 saturated carbocycles. The van der Waals surface area contributed by atoms with Gasteiger partial charge in [-0.3, -0.25) is 9.69 Å². The van der Waals surface area contributed by atoms with E-state index < -0.39 is 17.6 Å². The largest absolute Gasteiger partial charge is 0.384 e. The molecule has 7 heteroatoms. The highest BCUT2D eigenvalue weighted by molar-refractivity contribution is 9.10. The van der Waals surface area contributed by atoms with Gasteiger partial charge >= 0.3 is 0 Å². The standard InChI is InChI=1S/C24H20BrF2N3O/c1-24(2)10-19-22(20(31)11-24)21(13-3-6-15(26)7-4-13)16(12-28)23(29)30(19)18-8-5-14(25)9-17(18)27/h3-9,21H,10-11,29H2,1-2H3/t21-/m0/s1. The number of carbonyl (C=O) groups is 1. The highest BCUT2D eigenvalue weighted by atomic mass is 79.9. The predicted octanol–water partition coefficient (Wildman–Crippen LogP) is 5.67. The molecule has 31 heavy (non-hydrogen) atoms. The summed E-state index contributed by atoms with van der Waals surface area (Å²) < 4.78 is 29.1. The van der Waals surface area contributed by atoms with Crippen molar-refractivity contribution in [2.24, 2.45) is 11.1 Å². The van der Waals surface area contributed by atoms with Crippen LogP contribution in [0.2, 0.25) is 0 Å². The van der Waals surface area contributed by atoms with Crippen molar-refractivity contribution in [1.29, 1.82) is 5.26 Å².